The van der Waals surface area contributed by atoms with Gasteiger partial charge in [0.05, 0.1) is 6.61 Å². The van der Waals surface area contributed by atoms with E-state index in [1.807, 2.05) is 43.3 Å². The number of benzene rings is 4. The quantitative estimate of drug-likeness (QED) is 0.136. The number of aliphatic carboxylic acids is 1. The molecule has 0 aliphatic rings. The van der Waals surface area contributed by atoms with Gasteiger partial charge in [-0.1, -0.05) is 60.1 Å². The second kappa shape index (κ2) is 12.1. The number of nitrogens with zero attached hydrogens (tertiary/aromatic N) is 2. The van der Waals surface area contributed by atoms with Crippen LogP contribution in [0.15, 0.2) is 95.0 Å². The van der Waals surface area contributed by atoms with Crippen molar-refractivity contribution < 1.29 is 19.4 Å². The molecule has 0 atom stereocenters. The average molecular weight is 558 g/mol. The molecular formula is C30H24ClN3O4S. The van der Waals surface area contributed by atoms with Crippen LogP contribution in [0.25, 0.3) is 28.2 Å². The molecule has 0 aliphatic carbocycles. The molecule has 0 fully saturated rings. The van der Waals surface area contributed by atoms with Crippen molar-refractivity contribution >= 4 is 46.2 Å². The van der Waals surface area contributed by atoms with Crippen LogP contribution in [0.5, 0.6) is 11.5 Å². The summed E-state index contributed by atoms with van der Waals surface area (Å²) in [7, 11) is 0. The Hall–Kier alpha value is -4.27. The van der Waals surface area contributed by atoms with Crippen LogP contribution in [-0.4, -0.2) is 32.9 Å². The fourth-order valence-corrected chi connectivity index (χ4v) is 4.82. The summed E-state index contributed by atoms with van der Waals surface area (Å²) in [6.07, 6.45) is 1.56. The Kier molecular flexibility index (Phi) is 8.15. The summed E-state index contributed by atoms with van der Waals surface area (Å²) in [5.41, 5.74) is 2.50. The first-order valence-corrected chi connectivity index (χ1v) is 13.4. The van der Waals surface area contributed by atoms with Crippen LogP contribution in [0.3, 0.4) is 0 Å². The summed E-state index contributed by atoms with van der Waals surface area (Å²) in [5, 5.41) is 20.0. The maximum Gasteiger partial charge on any atom is 0.342 e. The van der Waals surface area contributed by atoms with Gasteiger partial charge in [-0.3, -0.25) is 5.10 Å². The van der Waals surface area contributed by atoms with Gasteiger partial charge in [-0.05, 0) is 83.1 Å². The zero-order chi connectivity index (χ0) is 27.2. The lowest BCUT2D eigenvalue weighted by Gasteiger charge is -2.14. The number of thioether (sulfide) groups is 1. The first kappa shape index (κ1) is 26.3. The van der Waals surface area contributed by atoms with Gasteiger partial charge >= 0.3 is 5.97 Å². The number of carboxylic acid groups (broad SMARTS) is 1. The number of carboxylic acids is 1. The van der Waals surface area contributed by atoms with Gasteiger partial charge in [0.15, 0.2) is 17.3 Å². The minimum Gasteiger partial charge on any atom is -0.490 e. The lowest BCUT2D eigenvalue weighted by atomic mass is 10.1. The van der Waals surface area contributed by atoms with E-state index in [-0.39, 0.29) is 10.1 Å². The van der Waals surface area contributed by atoms with E-state index < -0.39 is 5.97 Å². The first-order chi connectivity index (χ1) is 19.0. The molecule has 39 heavy (non-hydrogen) atoms. The fraction of sp³-hybridized carbons (Fsp3) is 0.100. The van der Waals surface area contributed by atoms with E-state index in [0.717, 1.165) is 33.7 Å². The van der Waals surface area contributed by atoms with Crippen molar-refractivity contribution in [2.45, 2.75) is 18.7 Å². The largest absolute Gasteiger partial charge is 0.490 e. The summed E-state index contributed by atoms with van der Waals surface area (Å²) in [6.45, 7) is 2.69. The molecule has 0 amide bonds. The van der Waals surface area contributed by atoms with Crippen molar-refractivity contribution in [1.82, 2.24) is 15.2 Å². The zero-order valence-corrected chi connectivity index (χ0v) is 22.5. The Labute approximate surface area is 234 Å². The smallest absolute Gasteiger partial charge is 0.342 e. The van der Waals surface area contributed by atoms with Crippen molar-refractivity contribution in [1.29, 1.82) is 0 Å². The number of halogens is 1. The Morgan fingerprint density at radius 1 is 1.00 bits per heavy atom. The van der Waals surface area contributed by atoms with E-state index in [9.17, 15) is 9.90 Å². The van der Waals surface area contributed by atoms with Gasteiger partial charge in [0.1, 0.15) is 11.5 Å². The molecule has 5 aromatic rings. The van der Waals surface area contributed by atoms with Crippen LogP contribution in [0.2, 0.25) is 5.02 Å². The van der Waals surface area contributed by atoms with Gasteiger partial charge in [0, 0.05) is 10.6 Å². The number of aromatic amines is 1. The van der Waals surface area contributed by atoms with Crippen molar-refractivity contribution in [2.24, 2.45) is 0 Å². The molecule has 5 rings (SSSR count). The van der Waals surface area contributed by atoms with Crippen LogP contribution in [0.4, 0.5) is 0 Å². The molecule has 0 radical (unpaired) electrons. The average Bonchev–Trinajstić information content (AvgIpc) is 3.41. The molecule has 0 unspecified atom stereocenters. The number of rotatable bonds is 10. The highest BCUT2D eigenvalue weighted by molar-refractivity contribution is 8.04. The van der Waals surface area contributed by atoms with Gasteiger partial charge in [-0.2, -0.15) is 0 Å². The molecule has 1 heterocycles. The minimum atomic E-state index is -1.09. The molecule has 0 aliphatic heterocycles. The van der Waals surface area contributed by atoms with E-state index >= 15 is 0 Å². The molecule has 0 saturated heterocycles. The zero-order valence-electron chi connectivity index (χ0n) is 20.9. The topological polar surface area (TPSA) is 97.3 Å². The molecule has 0 saturated carbocycles. The van der Waals surface area contributed by atoms with Gasteiger partial charge in [0.2, 0.25) is 5.16 Å². The maximum absolute atomic E-state index is 12.0. The lowest BCUT2D eigenvalue weighted by molar-refractivity contribution is -0.131. The third-order valence-electron chi connectivity index (χ3n) is 5.82. The number of H-pyrrole nitrogens is 1. The third kappa shape index (κ3) is 6.42. The van der Waals surface area contributed by atoms with Gasteiger partial charge < -0.3 is 14.6 Å². The predicted octanol–water partition coefficient (Wildman–Crippen LogP) is 7.47. The summed E-state index contributed by atoms with van der Waals surface area (Å²) < 4.78 is 12.0. The second-order valence-corrected chi connectivity index (χ2v) is 9.90. The van der Waals surface area contributed by atoms with Crippen molar-refractivity contribution in [3.63, 3.8) is 0 Å². The normalized spacial score (nSPS) is 11.5. The highest BCUT2D eigenvalue weighted by atomic mass is 35.5. The third-order valence-corrected chi connectivity index (χ3v) is 6.95. The number of nitrogens with one attached hydrogen (secondary N) is 1. The molecule has 4 aromatic carbocycles. The van der Waals surface area contributed by atoms with Crippen molar-refractivity contribution in [3.05, 3.63) is 106 Å². The predicted molar refractivity (Wildman–Crippen MR) is 154 cm³/mol. The van der Waals surface area contributed by atoms with Gasteiger partial charge in [0.25, 0.3) is 0 Å². The summed E-state index contributed by atoms with van der Waals surface area (Å²) >= 11 is 6.90. The summed E-state index contributed by atoms with van der Waals surface area (Å²) in [6, 6.07) is 26.7. The van der Waals surface area contributed by atoms with E-state index in [2.05, 4.69) is 33.4 Å². The van der Waals surface area contributed by atoms with Gasteiger partial charge in [-0.25, -0.2) is 9.78 Å². The van der Waals surface area contributed by atoms with E-state index in [1.165, 1.54) is 0 Å². The monoisotopic (exact) mass is 557 g/mol. The lowest BCUT2D eigenvalue weighted by Crippen LogP contribution is -2.01. The Bertz CT molecular complexity index is 1640. The highest BCUT2D eigenvalue weighted by Crippen LogP contribution is 2.33. The number of fused-ring (bicyclic) bond motifs is 1. The van der Waals surface area contributed by atoms with Crippen LogP contribution < -0.4 is 9.47 Å². The highest BCUT2D eigenvalue weighted by Gasteiger charge is 2.16. The molecule has 0 spiro atoms. The summed E-state index contributed by atoms with van der Waals surface area (Å²) in [4.78, 5) is 16.5. The Balaban J connectivity index is 1.35. The van der Waals surface area contributed by atoms with Crippen LogP contribution in [0.1, 0.15) is 18.1 Å². The Morgan fingerprint density at radius 2 is 1.79 bits per heavy atom. The number of aromatic nitrogens is 3. The maximum atomic E-state index is 12.0. The SMILES string of the molecule is CCOc1cc(/C=C(\Sc2n[nH]c(-c3ccc(Cl)cc3)n2)C(=O)O)ccc1OCc1cccc2ccccc12. The second-order valence-electron chi connectivity index (χ2n) is 8.46. The summed E-state index contributed by atoms with van der Waals surface area (Å²) in [5.74, 6) is 0.537. The number of hydrogen-bond acceptors (Lipinski definition) is 6. The number of ether oxygens (including phenoxy) is 2. The van der Waals surface area contributed by atoms with Crippen molar-refractivity contribution in [3.8, 4) is 22.9 Å². The molecule has 196 valence electrons. The molecule has 0 bridgehead atoms. The van der Waals surface area contributed by atoms with E-state index in [1.54, 1.807) is 36.4 Å². The minimum absolute atomic E-state index is 0.0588. The van der Waals surface area contributed by atoms with Crippen LogP contribution in [-0.2, 0) is 11.4 Å². The Morgan fingerprint density at radius 3 is 2.59 bits per heavy atom. The molecular weight excluding hydrogens is 534 g/mol. The van der Waals surface area contributed by atoms with E-state index in [0.29, 0.717) is 41.1 Å². The van der Waals surface area contributed by atoms with Crippen LogP contribution in [0, 0.1) is 0 Å². The fourth-order valence-electron chi connectivity index (χ4n) is 3.99. The van der Waals surface area contributed by atoms with Gasteiger partial charge in [-0.15, -0.1) is 5.10 Å². The molecule has 9 heteroatoms. The molecule has 1 aromatic heterocycles. The van der Waals surface area contributed by atoms with Crippen molar-refractivity contribution in [2.75, 3.05) is 6.61 Å². The standard InChI is InChI=1S/C30H24ClN3O4S/c1-2-37-26-16-19(10-15-25(26)38-18-22-8-5-7-20-6-3-4-9-24(20)22)17-27(29(35)36)39-30-32-28(33-34-30)21-11-13-23(31)14-12-21/h3-17H,2,18H2,1H3,(H,35,36)(H,32,33,34)/b27-17-. The first-order valence-electron chi connectivity index (χ1n) is 12.2. The molecule has 2 N–H and O–H groups in total. The number of hydrogen-bond donors (Lipinski definition) is 2. The number of carbonyl (C=O) groups is 1. The van der Waals surface area contributed by atoms with E-state index in [4.69, 9.17) is 21.1 Å². The van der Waals surface area contributed by atoms with Crippen LogP contribution >= 0.6 is 23.4 Å². The molecule has 7 nitrogen and oxygen atoms in total.